The van der Waals surface area contributed by atoms with Crippen molar-refractivity contribution in [1.82, 2.24) is 4.37 Å². The number of aromatic nitrogens is 1. The van der Waals surface area contributed by atoms with E-state index in [4.69, 9.17) is 0 Å². The minimum Gasteiger partial charge on any atom is -0.353 e. The minimum absolute atomic E-state index is 0.584. The van der Waals surface area contributed by atoms with Crippen LogP contribution in [-0.2, 0) is 6.42 Å². The molecule has 0 aromatic carbocycles. The molecule has 0 spiro atoms. The van der Waals surface area contributed by atoms with E-state index >= 15 is 0 Å². The summed E-state index contributed by atoms with van der Waals surface area (Å²) < 4.78 is 4.53. The Labute approximate surface area is 83.7 Å². The predicted octanol–water partition coefficient (Wildman–Crippen LogP) is 2.61. The second-order valence-electron chi connectivity index (χ2n) is 3.93. The second-order valence-corrected chi connectivity index (χ2v) is 4.91. The van der Waals surface area contributed by atoms with Gasteiger partial charge in [-0.2, -0.15) is 4.37 Å². The third-order valence-electron chi connectivity index (χ3n) is 2.69. The van der Waals surface area contributed by atoms with Gasteiger partial charge in [-0.1, -0.05) is 0 Å². The first-order chi connectivity index (χ1) is 6.20. The van der Waals surface area contributed by atoms with Crippen molar-refractivity contribution in [2.75, 3.05) is 11.4 Å². The molecule has 1 aromatic heterocycles. The number of fused-ring (bicyclic) bond motifs is 1. The van der Waals surface area contributed by atoms with Gasteiger partial charge in [-0.15, -0.1) is 0 Å². The van der Waals surface area contributed by atoms with Crippen LogP contribution >= 0.6 is 11.5 Å². The van der Waals surface area contributed by atoms with Crippen LogP contribution in [0.15, 0.2) is 0 Å². The first kappa shape index (κ1) is 9.00. The van der Waals surface area contributed by atoms with Crippen molar-refractivity contribution in [1.29, 1.82) is 0 Å². The second kappa shape index (κ2) is 3.29. The van der Waals surface area contributed by atoms with Crippen molar-refractivity contribution < 1.29 is 0 Å². The molecule has 13 heavy (non-hydrogen) atoms. The zero-order valence-corrected chi connectivity index (χ0v) is 9.32. The fraction of sp³-hybridized carbons (Fsp3) is 0.700. The molecule has 0 unspecified atom stereocenters. The average molecular weight is 196 g/mol. The largest absolute Gasteiger partial charge is 0.353 e. The SMILES string of the molecule is Cc1snc2c1CCCN2C(C)C. The Kier molecular flexibility index (Phi) is 2.28. The normalized spacial score (nSPS) is 16.5. The monoisotopic (exact) mass is 196 g/mol. The van der Waals surface area contributed by atoms with Crippen molar-refractivity contribution in [3.63, 3.8) is 0 Å². The van der Waals surface area contributed by atoms with E-state index in [1.54, 1.807) is 11.5 Å². The highest BCUT2D eigenvalue weighted by Crippen LogP contribution is 2.32. The molecule has 0 atom stereocenters. The molecule has 1 aliphatic heterocycles. The lowest BCUT2D eigenvalue weighted by molar-refractivity contribution is 0.620. The number of hydrogen-bond acceptors (Lipinski definition) is 3. The van der Waals surface area contributed by atoms with Gasteiger partial charge in [0.1, 0.15) is 5.82 Å². The zero-order chi connectivity index (χ0) is 9.42. The lowest BCUT2D eigenvalue weighted by Gasteiger charge is -2.31. The van der Waals surface area contributed by atoms with Crippen molar-refractivity contribution >= 4 is 17.4 Å². The number of hydrogen-bond donors (Lipinski definition) is 0. The molecule has 0 N–H and O–H groups in total. The summed E-state index contributed by atoms with van der Waals surface area (Å²) >= 11 is 1.65. The lowest BCUT2D eigenvalue weighted by atomic mass is 10.0. The summed E-state index contributed by atoms with van der Waals surface area (Å²) in [6, 6.07) is 0.584. The van der Waals surface area contributed by atoms with E-state index in [1.807, 2.05) is 0 Å². The fourth-order valence-electron chi connectivity index (χ4n) is 1.93. The summed E-state index contributed by atoms with van der Waals surface area (Å²) in [6.07, 6.45) is 2.51. The van der Waals surface area contributed by atoms with Crippen molar-refractivity contribution in [2.24, 2.45) is 0 Å². The Morgan fingerprint density at radius 2 is 2.23 bits per heavy atom. The van der Waals surface area contributed by atoms with Gasteiger partial charge < -0.3 is 4.90 Å². The standard InChI is InChI=1S/C10H16N2S/c1-7(2)12-6-4-5-9-8(3)13-11-10(9)12/h7H,4-6H2,1-3H3. The molecular formula is C10H16N2S. The maximum Gasteiger partial charge on any atom is 0.145 e. The van der Waals surface area contributed by atoms with E-state index in [1.165, 1.54) is 35.6 Å². The topological polar surface area (TPSA) is 16.1 Å². The van der Waals surface area contributed by atoms with E-state index in [2.05, 4.69) is 30.0 Å². The zero-order valence-electron chi connectivity index (χ0n) is 8.50. The molecule has 0 fully saturated rings. The summed E-state index contributed by atoms with van der Waals surface area (Å²) in [5.74, 6) is 1.25. The summed E-state index contributed by atoms with van der Waals surface area (Å²) in [7, 11) is 0. The summed E-state index contributed by atoms with van der Waals surface area (Å²) in [4.78, 5) is 3.82. The Balaban J connectivity index is 2.38. The molecule has 2 rings (SSSR count). The molecule has 0 radical (unpaired) electrons. The average Bonchev–Trinajstić information content (AvgIpc) is 2.48. The van der Waals surface area contributed by atoms with Crippen LogP contribution in [0.5, 0.6) is 0 Å². The molecule has 2 heterocycles. The number of anilines is 1. The van der Waals surface area contributed by atoms with Crippen molar-refractivity contribution in [3.05, 3.63) is 10.4 Å². The first-order valence-corrected chi connectivity index (χ1v) is 5.69. The van der Waals surface area contributed by atoms with Gasteiger partial charge in [0.15, 0.2) is 0 Å². The van der Waals surface area contributed by atoms with Gasteiger partial charge in [0.2, 0.25) is 0 Å². The van der Waals surface area contributed by atoms with Gasteiger partial charge in [0, 0.05) is 23.0 Å². The number of nitrogens with zero attached hydrogens (tertiary/aromatic N) is 2. The molecule has 2 nitrogen and oxygen atoms in total. The molecule has 0 bridgehead atoms. The summed E-state index contributed by atoms with van der Waals surface area (Å²) in [6.45, 7) is 7.84. The smallest absolute Gasteiger partial charge is 0.145 e. The van der Waals surface area contributed by atoms with Crippen LogP contribution in [0.25, 0.3) is 0 Å². The highest BCUT2D eigenvalue weighted by atomic mass is 32.1. The minimum atomic E-state index is 0.584. The Bertz CT molecular complexity index is 304. The quantitative estimate of drug-likeness (QED) is 0.686. The molecule has 1 aliphatic rings. The third-order valence-corrected chi connectivity index (χ3v) is 3.47. The van der Waals surface area contributed by atoms with Gasteiger partial charge in [-0.05, 0) is 45.1 Å². The van der Waals surface area contributed by atoms with Crippen molar-refractivity contribution in [2.45, 2.75) is 39.7 Å². The van der Waals surface area contributed by atoms with Crippen LogP contribution in [0.4, 0.5) is 5.82 Å². The molecule has 0 aliphatic carbocycles. The Morgan fingerprint density at radius 1 is 1.46 bits per heavy atom. The summed E-state index contributed by atoms with van der Waals surface area (Å²) in [5, 5.41) is 0. The highest BCUT2D eigenvalue weighted by Gasteiger charge is 2.23. The maximum absolute atomic E-state index is 4.53. The van der Waals surface area contributed by atoms with Gasteiger partial charge >= 0.3 is 0 Å². The van der Waals surface area contributed by atoms with Gasteiger partial charge in [0.05, 0.1) is 0 Å². The molecule has 0 amide bonds. The lowest BCUT2D eigenvalue weighted by Crippen LogP contribution is -2.35. The van der Waals surface area contributed by atoms with E-state index in [0.29, 0.717) is 6.04 Å². The number of aryl methyl sites for hydroxylation is 1. The Hall–Kier alpha value is -0.570. The van der Waals surface area contributed by atoms with E-state index in [-0.39, 0.29) is 0 Å². The van der Waals surface area contributed by atoms with Crippen LogP contribution in [0.1, 0.15) is 30.7 Å². The van der Waals surface area contributed by atoms with Crippen molar-refractivity contribution in [3.8, 4) is 0 Å². The van der Waals surface area contributed by atoms with Crippen LogP contribution in [0, 0.1) is 6.92 Å². The molecule has 1 aromatic rings. The fourth-order valence-corrected chi connectivity index (χ4v) is 2.67. The van der Waals surface area contributed by atoms with Crippen LogP contribution in [0.2, 0.25) is 0 Å². The predicted molar refractivity (Wildman–Crippen MR) is 57.7 cm³/mol. The van der Waals surface area contributed by atoms with Gasteiger partial charge in [0.25, 0.3) is 0 Å². The van der Waals surface area contributed by atoms with E-state index in [0.717, 1.165) is 0 Å². The molecule has 0 saturated carbocycles. The van der Waals surface area contributed by atoms with Gasteiger partial charge in [-0.25, -0.2) is 0 Å². The van der Waals surface area contributed by atoms with Gasteiger partial charge in [-0.3, -0.25) is 0 Å². The van der Waals surface area contributed by atoms with Crippen LogP contribution in [0.3, 0.4) is 0 Å². The molecule has 3 heteroatoms. The Morgan fingerprint density at radius 3 is 2.92 bits per heavy atom. The number of rotatable bonds is 1. The summed E-state index contributed by atoms with van der Waals surface area (Å²) in [5.41, 5.74) is 1.49. The van der Waals surface area contributed by atoms with E-state index in [9.17, 15) is 0 Å². The molecule has 72 valence electrons. The highest BCUT2D eigenvalue weighted by molar-refractivity contribution is 7.06. The third kappa shape index (κ3) is 1.46. The van der Waals surface area contributed by atoms with Crippen LogP contribution < -0.4 is 4.90 Å². The van der Waals surface area contributed by atoms with Crippen LogP contribution in [-0.4, -0.2) is 17.0 Å². The molecular weight excluding hydrogens is 180 g/mol. The van der Waals surface area contributed by atoms with E-state index < -0.39 is 0 Å². The molecule has 0 saturated heterocycles. The maximum atomic E-state index is 4.53. The first-order valence-electron chi connectivity index (χ1n) is 4.92.